The van der Waals surface area contributed by atoms with Crippen LogP contribution < -0.4 is 10.6 Å². The molecule has 3 atom stereocenters. The molecule has 38 heavy (non-hydrogen) atoms. The lowest BCUT2D eigenvalue weighted by atomic mass is 9.95. The molecule has 3 unspecified atom stereocenters. The predicted octanol–water partition coefficient (Wildman–Crippen LogP) is 5.33. The van der Waals surface area contributed by atoms with Crippen molar-refractivity contribution >= 4 is 35.2 Å². The predicted molar refractivity (Wildman–Crippen MR) is 146 cm³/mol. The number of nitrogens with one attached hydrogen (secondary N) is 2. The summed E-state index contributed by atoms with van der Waals surface area (Å²) in [6.07, 6.45) is -0.257. The van der Waals surface area contributed by atoms with E-state index in [0.29, 0.717) is 28.3 Å². The maximum Gasteiger partial charge on any atom is 0.408 e. The molecule has 0 fully saturated rings. The second kappa shape index (κ2) is 13.2. The zero-order valence-corrected chi connectivity index (χ0v) is 23.3. The minimum atomic E-state index is -1.27. The minimum absolute atomic E-state index is 0.0305. The van der Waals surface area contributed by atoms with Gasteiger partial charge in [0.2, 0.25) is 5.91 Å². The molecule has 0 heterocycles. The summed E-state index contributed by atoms with van der Waals surface area (Å²) < 4.78 is 5.36. The second-order valence-electron chi connectivity index (χ2n) is 10.0. The molecule has 9 nitrogen and oxygen atoms in total. The van der Waals surface area contributed by atoms with Crippen LogP contribution in [0.2, 0.25) is 5.02 Å². The second-order valence-corrected chi connectivity index (χ2v) is 10.5. The first-order valence-corrected chi connectivity index (χ1v) is 12.7. The summed E-state index contributed by atoms with van der Waals surface area (Å²) in [5.74, 6) is -1.62. The summed E-state index contributed by atoms with van der Waals surface area (Å²) in [5, 5.41) is 25.2. The molecule has 0 aliphatic carbocycles. The number of aryl methyl sites for hydroxylation is 1. The van der Waals surface area contributed by atoms with Gasteiger partial charge in [-0.1, -0.05) is 56.1 Å². The van der Waals surface area contributed by atoms with Gasteiger partial charge in [0.05, 0.1) is 16.8 Å². The largest absolute Gasteiger partial charge is 0.508 e. The summed E-state index contributed by atoms with van der Waals surface area (Å²) in [4.78, 5) is 41.4. The molecule has 0 saturated carbocycles. The SMILES string of the molecule is CCC(C)C(NC(=O)OC(C)(C)C)C(=O)N(CC#N)C(C(=O)Nc1c(C)cccc1Cl)c1ccc(O)cc1. The number of hydrogen-bond acceptors (Lipinski definition) is 6. The number of anilines is 1. The molecule has 0 spiro atoms. The van der Waals surface area contributed by atoms with Crippen LogP contribution in [0.4, 0.5) is 10.5 Å². The number of phenolic OH excluding ortho intramolecular Hbond substituents is 1. The Balaban J connectivity index is 2.56. The van der Waals surface area contributed by atoms with Gasteiger partial charge in [-0.25, -0.2) is 4.79 Å². The normalized spacial score (nSPS) is 13.4. The summed E-state index contributed by atoms with van der Waals surface area (Å²) >= 11 is 6.33. The first kappa shape index (κ1) is 30.5. The molecular formula is C28H35ClN4O5. The summed E-state index contributed by atoms with van der Waals surface area (Å²) in [5.41, 5.74) is 0.643. The number of rotatable bonds is 9. The third-order valence-electron chi connectivity index (χ3n) is 5.91. The number of carbonyl (C=O) groups is 3. The van der Waals surface area contributed by atoms with E-state index >= 15 is 0 Å². The Labute approximate surface area is 228 Å². The van der Waals surface area contributed by atoms with Crippen LogP contribution in [0.15, 0.2) is 42.5 Å². The summed E-state index contributed by atoms with van der Waals surface area (Å²) in [6.45, 7) is 10.1. The van der Waals surface area contributed by atoms with Gasteiger partial charge in [-0.2, -0.15) is 5.26 Å². The smallest absolute Gasteiger partial charge is 0.408 e. The highest BCUT2D eigenvalue weighted by molar-refractivity contribution is 6.34. The number of aromatic hydroxyl groups is 1. The lowest BCUT2D eigenvalue weighted by Crippen LogP contribution is -2.54. The highest BCUT2D eigenvalue weighted by atomic mass is 35.5. The summed E-state index contributed by atoms with van der Waals surface area (Å²) in [6, 6.07) is 10.5. The van der Waals surface area contributed by atoms with Gasteiger partial charge in [-0.05, 0) is 62.9 Å². The Kier molecular flexibility index (Phi) is 10.5. The topological polar surface area (TPSA) is 132 Å². The van der Waals surface area contributed by atoms with Gasteiger partial charge in [0.1, 0.15) is 30.0 Å². The number of phenols is 1. The van der Waals surface area contributed by atoms with Gasteiger partial charge >= 0.3 is 6.09 Å². The summed E-state index contributed by atoms with van der Waals surface area (Å²) in [7, 11) is 0. The Morgan fingerprint density at radius 1 is 1.16 bits per heavy atom. The Bertz CT molecular complexity index is 1170. The fourth-order valence-electron chi connectivity index (χ4n) is 3.78. The van der Waals surface area contributed by atoms with Crippen molar-refractivity contribution in [2.75, 3.05) is 11.9 Å². The zero-order valence-electron chi connectivity index (χ0n) is 22.5. The number of halogens is 1. The number of ether oxygens (including phenoxy) is 1. The molecule has 204 valence electrons. The molecule has 0 aliphatic heterocycles. The van der Waals surface area contributed by atoms with Crippen LogP contribution >= 0.6 is 11.6 Å². The van der Waals surface area contributed by atoms with Gasteiger partial charge in [0.15, 0.2) is 0 Å². The number of nitriles is 1. The molecule has 2 rings (SSSR count). The van der Waals surface area contributed by atoms with Gasteiger partial charge < -0.3 is 25.4 Å². The fourth-order valence-corrected chi connectivity index (χ4v) is 4.05. The number of carbonyl (C=O) groups excluding carboxylic acids is 3. The van der Waals surface area contributed by atoms with Crippen LogP contribution in [0.1, 0.15) is 58.2 Å². The van der Waals surface area contributed by atoms with Crippen LogP contribution in [-0.4, -0.2) is 46.1 Å². The van der Waals surface area contributed by atoms with Gasteiger partial charge in [0, 0.05) is 0 Å². The molecule has 0 saturated heterocycles. The van der Waals surface area contributed by atoms with Crippen LogP contribution in [-0.2, 0) is 14.3 Å². The van der Waals surface area contributed by atoms with E-state index in [1.54, 1.807) is 52.8 Å². The Hall–Kier alpha value is -3.77. The number of para-hydroxylation sites is 1. The lowest BCUT2D eigenvalue weighted by molar-refractivity contribution is -0.141. The van der Waals surface area contributed by atoms with E-state index in [4.69, 9.17) is 16.3 Å². The maximum absolute atomic E-state index is 14.0. The van der Waals surface area contributed by atoms with Crippen molar-refractivity contribution in [3.8, 4) is 11.8 Å². The minimum Gasteiger partial charge on any atom is -0.508 e. The van der Waals surface area contributed by atoms with Crippen molar-refractivity contribution < 1.29 is 24.2 Å². The molecule has 0 aliphatic rings. The molecular weight excluding hydrogens is 508 g/mol. The van der Waals surface area contributed by atoms with E-state index in [-0.39, 0.29) is 11.7 Å². The molecule has 0 aromatic heterocycles. The van der Waals surface area contributed by atoms with Gasteiger partial charge in [0.25, 0.3) is 5.91 Å². The Morgan fingerprint density at radius 3 is 2.32 bits per heavy atom. The molecule has 3 amide bonds. The molecule has 0 radical (unpaired) electrons. The Morgan fingerprint density at radius 2 is 1.79 bits per heavy atom. The standard InChI is InChI=1S/C28H35ClN4O5/c1-7-17(2)23(32-27(37)38-28(4,5)6)26(36)33(16-15-30)24(19-11-13-20(34)14-12-19)25(35)31-22-18(3)9-8-10-21(22)29/h8-14,17,23-24,34H,7,16H2,1-6H3,(H,31,35)(H,32,37). The lowest BCUT2D eigenvalue weighted by Gasteiger charge is -2.34. The molecule has 10 heteroatoms. The third-order valence-corrected chi connectivity index (χ3v) is 6.23. The van der Waals surface area contributed by atoms with Crippen LogP contribution in [0, 0.1) is 24.2 Å². The molecule has 2 aromatic rings. The molecule has 2 aromatic carbocycles. The van der Waals surface area contributed by atoms with Crippen LogP contribution in [0.5, 0.6) is 5.75 Å². The van der Waals surface area contributed by atoms with Crippen LogP contribution in [0.3, 0.4) is 0 Å². The van der Waals surface area contributed by atoms with Gasteiger partial charge in [-0.15, -0.1) is 0 Å². The number of hydrogen-bond donors (Lipinski definition) is 3. The zero-order chi connectivity index (χ0) is 28.6. The van der Waals surface area contributed by atoms with Gasteiger partial charge in [-0.3, -0.25) is 9.59 Å². The fraction of sp³-hybridized carbons (Fsp3) is 0.429. The first-order valence-electron chi connectivity index (χ1n) is 12.3. The van der Waals surface area contributed by atoms with E-state index in [0.717, 1.165) is 4.90 Å². The van der Waals surface area contributed by atoms with Crippen LogP contribution in [0.25, 0.3) is 0 Å². The number of benzene rings is 2. The van der Waals surface area contributed by atoms with Crippen molar-refractivity contribution in [2.24, 2.45) is 5.92 Å². The number of nitrogens with zero attached hydrogens (tertiary/aromatic N) is 2. The van der Waals surface area contributed by atoms with E-state index in [1.807, 2.05) is 13.0 Å². The van der Waals surface area contributed by atoms with Crippen molar-refractivity contribution in [2.45, 2.75) is 65.6 Å². The van der Waals surface area contributed by atoms with E-state index < -0.39 is 42.1 Å². The quantitative estimate of drug-likeness (QED) is 0.367. The average Bonchev–Trinajstić information content (AvgIpc) is 2.83. The highest BCUT2D eigenvalue weighted by Crippen LogP contribution is 2.30. The highest BCUT2D eigenvalue weighted by Gasteiger charge is 2.38. The third kappa shape index (κ3) is 8.12. The maximum atomic E-state index is 14.0. The molecule has 0 bridgehead atoms. The number of alkyl carbamates (subject to hydrolysis) is 1. The first-order chi connectivity index (χ1) is 17.8. The number of amides is 3. The van der Waals surface area contributed by atoms with E-state index in [9.17, 15) is 24.8 Å². The van der Waals surface area contributed by atoms with Crippen molar-refractivity contribution in [1.82, 2.24) is 10.2 Å². The van der Waals surface area contributed by atoms with E-state index in [1.165, 1.54) is 24.3 Å². The van der Waals surface area contributed by atoms with Crippen molar-refractivity contribution in [3.05, 3.63) is 58.6 Å². The average molecular weight is 543 g/mol. The monoisotopic (exact) mass is 542 g/mol. The van der Waals surface area contributed by atoms with Crippen molar-refractivity contribution in [3.63, 3.8) is 0 Å². The van der Waals surface area contributed by atoms with E-state index in [2.05, 4.69) is 10.6 Å². The molecule has 3 N–H and O–H groups in total. The van der Waals surface area contributed by atoms with Crippen molar-refractivity contribution in [1.29, 1.82) is 5.26 Å².